The standard InChI is InChI=1S/C36H59N5O3/c1-27(2)13-21-39(22-14-28(3)4)34(42)30-11-12-31-32(26-30)41(20-10-19-38-17-8-9-18-38)33(37-31)25-29-15-23-40(24-16-29)35(43)44-36(5,6)7/h11-12,26-29H,8-10,13-25H2,1-7H3. The molecule has 2 aliphatic rings. The summed E-state index contributed by atoms with van der Waals surface area (Å²) < 4.78 is 8.01. The number of nitrogens with zero attached hydrogens (tertiary/aromatic N) is 5. The summed E-state index contributed by atoms with van der Waals surface area (Å²) in [6.45, 7) is 22.1. The highest BCUT2D eigenvalue weighted by Crippen LogP contribution is 2.27. The Bertz CT molecular complexity index is 1200. The number of aromatic nitrogens is 2. The number of carbonyl (C=O) groups excluding carboxylic acids is 2. The summed E-state index contributed by atoms with van der Waals surface area (Å²) >= 11 is 0. The predicted octanol–water partition coefficient (Wildman–Crippen LogP) is 7.25. The molecule has 8 nitrogen and oxygen atoms in total. The molecular weight excluding hydrogens is 550 g/mol. The van der Waals surface area contributed by atoms with E-state index in [9.17, 15) is 9.59 Å². The first-order valence-corrected chi connectivity index (χ1v) is 17.4. The van der Waals surface area contributed by atoms with E-state index in [-0.39, 0.29) is 12.0 Å². The first kappa shape index (κ1) is 34.3. The van der Waals surface area contributed by atoms with E-state index in [0.717, 1.165) is 100 Å². The number of hydrogen-bond acceptors (Lipinski definition) is 5. The molecule has 44 heavy (non-hydrogen) atoms. The van der Waals surface area contributed by atoms with Gasteiger partial charge in [-0.25, -0.2) is 9.78 Å². The van der Waals surface area contributed by atoms with E-state index in [4.69, 9.17) is 9.72 Å². The van der Waals surface area contributed by atoms with Crippen LogP contribution in [0.25, 0.3) is 11.0 Å². The van der Waals surface area contributed by atoms with Crippen LogP contribution in [0.1, 0.15) is 110 Å². The van der Waals surface area contributed by atoms with Gasteiger partial charge in [-0.05, 0) is 121 Å². The average Bonchev–Trinajstić information content (AvgIpc) is 3.59. The van der Waals surface area contributed by atoms with Crippen LogP contribution >= 0.6 is 0 Å². The summed E-state index contributed by atoms with van der Waals surface area (Å²) in [6, 6.07) is 6.14. The van der Waals surface area contributed by atoms with Crippen molar-refractivity contribution >= 4 is 23.0 Å². The molecule has 0 spiro atoms. The monoisotopic (exact) mass is 609 g/mol. The van der Waals surface area contributed by atoms with Crippen molar-refractivity contribution < 1.29 is 14.3 Å². The zero-order valence-electron chi connectivity index (χ0n) is 28.7. The van der Waals surface area contributed by atoms with Crippen LogP contribution in [0.4, 0.5) is 4.79 Å². The molecule has 4 rings (SSSR count). The fraction of sp³-hybridized carbons (Fsp3) is 0.750. The largest absolute Gasteiger partial charge is 0.444 e. The molecule has 1 aromatic heterocycles. The lowest BCUT2D eigenvalue weighted by Crippen LogP contribution is -2.42. The maximum atomic E-state index is 13.9. The Morgan fingerprint density at radius 1 is 0.955 bits per heavy atom. The molecule has 0 unspecified atom stereocenters. The maximum Gasteiger partial charge on any atom is 0.410 e. The molecule has 2 saturated heterocycles. The van der Waals surface area contributed by atoms with Crippen LogP contribution in [0, 0.1) is 17.8 Å². The van der Waals surface area contributed by atoms with Crippen LogP contribution in [0.2, 0.25) is 0 Å². The van der Waals surface area contributed by atoms with Crippen LogP contribution in [-0.4, -0.2) is 87.7 Å². The molecule has 1 aromatic carbocycles. The molecule has 2 amide bonds. The van der Waals surface area contributed by atoms with Gasteiger partial charge in [0.2, 0.25) is 0 Å². The molecule has 2 aromatic rings. The summed E-state index contributed by atoms with van der Waals surface area (Å²) in [5, 5.41) is 0. The van der Waals surface area contributed by atoms with E-state index in [1.54, 1.807) is 0 Å². The average molecular weight is 610 g/mol. The minimum Gasteiger partial charge on any atom is -0.444 e. The number of benzene rings is 1. The van der Waals surface area contributed by atoms with Crippen molar-refractivity contribution in [2.45, 2.75) is 112 Å². The van der Waals surface area contributed by atoms with Crippen molar-refractivity contribution in [3.8, 4) is 0 Å². The van der Waals surface area contributed by atoms with Gasteiger partial charge in [0, 0.05) is 44.7 Å². The summed E-state index contributed by atoms with van der Waals surface area (Å²) in [6.07, 6.45) is 8.27. The molecule has 0 saturated carbocycles. The fourth-order valence-electron chi connectivity index (χ4n) is 6.40. The number of rotatable bonds is 13. The highest BCUT2D eigenvalue weighted by atomic mass is 16.6. The molecule has 0 radical (unpaired) electrons. The summed E-state index contributed by atoms with van der Waals surface area (Å²) in [7, 11) is 0. The molecule has 0 N–H and O–H groups in total. The molecule has 0 atom stereocenters. The zero-order chi connectivity index (χ0) is 31.9. The Kier molecular flexibility index (Phi) is 12.1. The Hall–Kier alpha value is -2.61. The maximum absolute atomic E-state index is 13.9. The van der Waals surface area contributed by atoms with E-state index in [1.165, 1.54) is 25.9 Å². The Balaban J connectivity index is 1.52. The van der Waals surface area contributed by atoms with Crippen LogP contribution in [0.5, 0.6) is 0 Å². The van der Waals surface area contributed by atoms with Crippen molar-refractivity contribution in [2.75, 3.05) is 45.8 Å². The lowest BCUT2D eigenvalue weighted by atomic mass is 9.93. The molecule has 0 aliphatic carbocycles. The van der Waals surface area contributed by atoms with E-state index in [0.29, 0.717) is 17.8 Å². The van der Waals surface area contributed by atoms with Gasteiger partial charge in [0.1, 0.15) is 11.4 Å². The highest BCUT2D eigenvalue weighted by Gasteiger charge is 2.28. The molecule has 3 heterocycles. The van der Waals surface area contributed by atoms with Gasteiger partial charge in [0.15, 0.2) is 0 Å². The van der Waals surface area contributed by atoms with Crippen LogP contribution < -0.4 is 0 Å². The number of hydrogen-bond donors (Lipinski definition) is 0. The van der Waals surface area contributed by atoms with Gasteiger partial charge in [0.05, 0.1) is 11.0 Å². The van der Waals surface area contributed by atoms with Gasteiger partial charge in [-0.2, -0.15) is 0 Å². The van der Waals surface area contributed by atoms with Crippen molar-refractivity contribution in [1.82, 2.24) is 24.3 Å². The van der Waals surface area contributed by atoms with Crippen molar-refractivity contribution in [3.63, 3.8) is 0 Å². The number of ether oxygens (including phenoxy) is 1. The third kappa shape index (κ3) is 9.95. The fourth-order valence-corrected chi connectivity index (χ4v) is 6.40. The zero-order valence-corrected chi connectivity index (χ0v) is 28.7. The summed E-state index contributed by atoms with van der Waals surface area (Å²) in [5.41, 5.74) is 2.34. The van der Waals surface area contributed by atoms with E-state index in [2.05, 4.69) is 54.2 Å². The van der Waals surface area contributed by atoms with Crippen LogP contribution in [-0.2, 0) is 17.7 Å². The quantitative estimate of drug-likeness (QED) is 0.239. The van der Waals surface area contributed by atoms with Gasteiger partial charge in [-0.3, -0.25) is 4.79 Å². The SMILES string of the molecule is CC(C)CCN(CCC(C)C)C(=O)c1ccc2nc(CC3CCN(C(=O)OC(C)(C)C)CC3)n(CCCN3CCCC3)c2c1. The number of carbonyl (C=O) groups is 2. The van der Waals surface area contributed by atoms with Crippen LogP contribution in [0.3, 0.4) is 0 Å². The first-order valence-electron chi connectivity index (χ1n) is 17.4. The smallest absolute Gasteiger partial charge is 0.410 e. The van der Waals surface area contributed by atoms with Crippen molar-refractivity contribution in [1.29, 1.82) is 0 Å². The number of likely N-dealkylation sites (tertiary alicyclic amines) is 2. The normalized spacial score (nSPS) is 16.9. The second-order valence-electron chi connectivity index (χ2n) is 15.1. The lowest BCUT2D eigenvalue weighted by molar-refractivity contribution is 0.0183. The highest BCUT2D eigenvalue weighted by molar-refractivity contribution is 5.97. The van der Waals surface area contributed by atoms with E-state index in [1.807, 2.05) is 31.7 Å². The molecule has 2 fully saturated rings. The lowest BCUT2D eigenvalue weighted by Gasteiger charge is -2.33. The van der Waals surface area contributed by atoms with Crippen molar-refractivity contribution in [3.05, 3.63) is 29.6 Å². The van der Waals surface area contributed by atoms with Gasteiger partial charge in [-0.1, -0.05) is 27.7 Å². The minimum atomic E-state index is -0.478. The Morgan fingerprint density at radius 3 is 2.18 bits per heavy atom. The summed E-state index contributed by atoms with van der Waals surface area (Å²) in [4.78, 5) is 38.1. The topological polar surface area (TPSA) is 70.9 Å². The summed E-state index contributed by atoms with van der Waals surface area (Å²) in [5.74, 6) is 2.82. The Morgan fingerprint density at radius 2 is 1.59 bits per heavy atom. The number of fused-ring (bicyclic) bond motifs is 1. The molecule has 8 heteroatoms. The van der Waals surface area contributed by atoms with Gasteiger partial charge in [0.25, 0.3) is 5.91 Å². The van der Waals surface area contributed by atoms with E-state index >= 15 is 0 Å². The van der Waals surface area contributed by atoms with Gasteiger partial charge < -0.3 is 24.0 Å². The predicted molar refractivity (Wildman–Crippen MR) is 179 cm³/mol. The third-order valence-corrected chi connectivity index (χ3v) is 9.11. The minimum absolute atomic E-state index is 0.133. The van der Waals surface area contributed by atoms with Crippen LogP contribution in [0.15, 0.2) is 18.2 Å². The third-order valence-electron chi connectivity index (χ3n) is 9.11. The number of imidazole rings is 1. The Labute approximate surface area is 266 Å². The number of aryl methyl sites for hydroxylation is 1. The molecule has 246 valence electrons. The number of amides is 2. The van der Waals surface area contributed by atoms with Crippen molar-refractivity contribution in [2.24, 2.45) is 17.8 Å². The molecular formula is C36H59N5O3. The second kappa shape index (κ2) is 15.6. The second-order valence-corrected chi connectivity index (χ2v) is 15.1. The molecule has 2 aliphatic heterocycles. The molecule has 0 bridgehead atoms. The van der Waals surface area contributed by atoms with Gasteiger partial charge >= 0.3 is 6.09 Å². The van der Waals surface area contributed by atoms with E-state index < -0.39 is 5.60 Å². The number of piperidine rings is 1. The first-order chi connectivity index (χ1) is 20.9. The van der Waals surface area contributed by atoms with Gasteiger partial charge in [-0.15, -0.1) is 0 Å².